The Morgan fingerprint density at radius 2 is 1.84 bits per heavy atom. The van der Waals surface area contributed by atoms with Crippen molar-refractivity contribution < 1.29 is 5.11 Å². The smallest absolute Gasteiger partial charge is 0.0944 e. The number of aliphatic hydroxyl groups is 1. The van der Waals surface area contributed by atoms with Gasteiger partial charge in [0.2, 0.25) is 0 Å². The lowest BCUT2D eigenvalue weighted by Crippen LogP contribution is -2.47. The van der Waals surface area contributed by atoms with Gasteiger partial charge in [0.1, 0.15) is 0 Å². The second kappa shape index (κ2) is 4.27. The lowest BCUT2D eigenvalue weighted by Gasteiger charge is -2.54. The van der Waals surface area contributed by atoms with Crippen LogP contribution in [0.15, 0.2) is 11.8 Å². The number of aliphatic hydroxyl groups excluding tert-OH is 1. The Kier molecular flexibility index (Phi) is 2.76. The molecule has 0 saturated heterocycles. The zero-order valence-electron chi connectivity index (χ0n) is 12.3. The van der Waals surface area contributed by atoms with Crippen molar-refractivity contribution >= 4 is 0 Å². The second-order valence-electron chi connectivity index (χ2n) is 8.00. The van der Waals surface area contributed by atoms with Crippen molar-refractivity contribution in [1.82, 2.24) is 0 Å². The summed E-state index contributed by atoms with van der Waals surface area (Å²) in [6.45, 7) is 2.33. The van der Waals surface area contributed by atoms with Crippen molar-refractivity contribution in [2.75, 3.05) is 0 Å². The van der Waals surface area contributed by atoms with Crippen LogP contribution in [-0.2, 0) is 0 Å². The molecule has 0 aromatic carbocycles. The Morgan fingerprint density at radius 1 is 1.00 bits per heavy atom. The van der Waals surface area contributed by atoms with E-state index < -0.39 is 0 Å². The number of allylic oxidation sites excluding steroid dienone is 2. The second-order valence-corrected chi connectivity index (χ2v) is 8.00. The quantitative estimate of drug-likeness (QED) is 0.644. The predicted octanol–water partition coefficient (Wildman–Crippen LogP) is 5.08. The SMILES string of the molecule is C[C@]12CC[C@H]3[C@@H](CCC4CCCC[C@@H]43)[C@@H]1CC=C2O. The fraction of sp³-hybridized carbons (Fsp3) is 0.889. The molecule has 0 aromatic heterocycles. The van der Waals surface area contributed by atoms with Gasteiger partial charge in [0.05, 0.1) is 5.76 Å². The van der Waals surface area contributed by atoms with Gasteiger partial charge in [-0.15, -0.1) is 0 Å². The average Bonchev–Trinajstić information content (AvgIpc) is 2.75. The molecule has 0 bridgehead atoms. The molecule has 1 nitrogen and oxygen atoms in total. The highest BCUT2D eigenvalue weighted by Gasteiger charge is 2.54. The lowest BCUT2D eigenvalue weighted by molar-refractivity contribution is -0.0520. The highest BCUT2D eigenvalue weighted by atomic mass is 16.3. The van der Waals surface area contributed by atoms with Gasteiger partial charge in [-0.2, -0.15) is 0 Å². The van der Waals surface area contributed by atoms with Gasteiger partial charge in [-0.3, -0.25) is 0 Å². The molecule has 19 heavy (non-hydrogen) atoms. The molecule has 6 atom stereocenters. The van der Waals surface area contributed by atoms with Crippen LogP contribution in [0.25, 0.3) is 0 Å². The van der Waals surface area contributed by atoms with Crippen LogP contribution in [0.5, 0.6) is 0 Å². The summed E-state index contributed by atoms with van der Waals surface area (Å²) in [6, 6.07) is 0. The fourth-order valence-electron chi connectivity index (χ4n) is 6.37. The van der Waals surface area contributed by atoms with E-state index in [9.17, 15) is 5.11 Å². The first-order chi connectivity index (χ1) is 9.20. The van der Waals surface area contributed by atoms with Crippen LogP contribution >= 0.6 is 0 Å². The average molecular weight is 260 g/mol. The molecule has 0 amide bonds. The normalized spacial score (nSPS) is 52.9. The minimum Gasteiger partial charge on any atom is -0.512 e. The van der Waals surface area contributed by atoms with Crippen molar-refractivity contribution in [1.29, 1.82) is 0 Å². The Hall–Kier alpha value is -0.460. The first-order valence-corrected chi connectivity index (χ1v) is 8.60. The highest BCUT2D eigenvalue weighted by molar-refractivity contribution is 5.19. The summed E-state index contributed by atoms with van der Waals surface area (Å²) in [6.07, 6.45) is 14.8. The maximum Gasteiger partial charge on any atom is 0.0944 e. The van der Waals surface area contributed by atoms with Crippen molar-refractivity contribution in [3.63, 3.8) is 0 Å². The van der Waals surface area contributed by atoms with Gasteiger partial charge in [-0.05, 0) is 74.2 Å². The van der Waals surface area contributed by atoms with Gasteiger partial charge < -0.3 is 5.11 Å². The number of fused-ring (bicyclic) bond motifs is 5. The van der Waals surface area contributed by atoms with E-state index in [4.69, 9.17) is 0 Å². The predicted molar refractivity (Wildman–Crippen MR) is 77.8 cm³/mol. The largest absolute Gasteiger partial charge is 0.512 e. The van der Waals surface area contributed by atoms with Gasteiger partial charge in [0, 0.05) is 5.41 Å². The van der Waals surface area contributed by atoms with Gasteiger partial charge >= 0.3 is 0 Å². The lowest BCUT2D eigenvalue weighted by atomic mass is 9.50. The van der Waals surface area contributed by atoms with Gasteiger partial charge in [0.15, 0.2) is 0 Å². The monoisotopic (exact) mass is 260 g/mol. The van der Waals surface area contributed by atoms with Crippen LogP contribution in [0.4, 0.5) is 0 Å². The zero-order valence-corrected chi connectivity index (χ0v) is 12.3. The summed E-state index contributed by atoms with van der Waals surface area (Å²) in [7, 11) is 0. The van der Waals surface area contributed by atoms with E-state index in [0.29, 0.717) is 0 Å². The number of rotatable bonds is 0. The molecule has 0 radical (unpaired) electrons. The molecule has 4 rings (SSSR count). The number of hydrogen-bond acceptors (Lipinski definition) is 1. The maximum absolute atomic E-state index is 10.3. The minimum atomic E-state index is 0.142. The summed E-state index contributed by atoms with van der Waals surface area (Å²) >= 11 is 0. The molecular weight excluding hydrogens is 232 g/mol. The molecule has 4 aliphatic carbocycles. The van der Waals surface area contributed by atoms with E-state index in [1.165, 1.54) is 51.4 Å². The van der Waals surface area contributed by atoms with Gasteiger partial charge in [-0.1, -0.05) is 26.2 Å². The Morgan fingerprint density at radius 3 is 2.74 bits per heavy atom. The Labute approximate surface area is 117 Å². The summed E-state index contributed by atoms with van der Waals surface area (Å²) in [5, 5.41) is 10.3. The van der Waals surface area contributed by atoms with Crippen LogP contribution in [0.1, 0.15) is 64.7 Å². The summed E-state index contributed by atoms with van der Waals surface area (Å²) < 4.78 is 0. The molecule has 0 aliphatic heterocycles. The van der Waals surface area contributed by atoms with Crippen LogP contribution in [-0.4, -0.2) is 5.11 Å². The first-order valence-electron chi connectivity index (χ1n) is 8.60. The van der Waals surface area contributed by atoms with Gasteiger partial charge in [-0.25, -0.2) is 0 Å². The van der Waals surface area contributed by atoms with E-state index in [1.54, 1.807) is 0 Å². The highest BCUT2D eigenvalue weighted by Crippen LogP contribution is 2.62. The molecule has 0 spiro atoms. The van der Waals surface area contributed by atoms with Gasteiger partial charge in [0.25, 0.3) is 0 Å². The van der Waals surface area contributed by atoms with E-state index >= 15 is 0 Å². The molecule has 1 unspecified atom stereocenters. The van der Waals surface area contributed by atoms with Crippen LogP contribution in [0.3, 0.4) is 0 Å². The molecule has 0 aromatic rings. The Bertz CT molecular complexity index is 398. The van der Waals surface area contributed by atoms with Crippen molar-refractivity contribution in [2.24, 2.45) is 35.0 Å². The minimum absolute atomic E-state index is 0.142. The van der Waals surface area contributed by atoms with E-state index in [-0.39, 0.29) is 5.41 Å². The van der Waals surface area contributed by atoms with E-state index in [1.807, 2.05) is 0 Å². The standard InChI is InChI=1S/C18H28O/c1-18-11-10-14-13-5-3-2-4-12(13)6-7-15(14)16(18)8-9-17(18)19/h9,12-16,19H,2-8,10-11H2,1H3/t12?,13-,14+,15+,16-,18-/m0/s1. The molecular formula is C18H28O. The number of hydrogen-bond donors (Lipinski definition) is 1. The molecule has 3 saturated carbocycles. The molecule has 1 N–H and O–H groups in total. The molecule has 3 fully saturated rings. The maximum atomic E-state index is 10.3. The fourth-order valence-corrected chi connectivity index (χ4v) is 6.37. The van der Waals surface area contributed by atoms with Crippen molar-refractivity contribution in [3.8, 4) is 0 Å². The van der Waals surface area contributed by atoms with Crippen molar-refractivity contribution in [3.05, 3.63) is 11.8 Å². The van der Waals surface area contributed by atoms with Crippen LogP contribution in [0.2, 0.25) is 0 Å². The third kappa shape index (κ3) is 1.66. The van der Waals surface area contributed by atoms with Crippen LogP contribution in [0, 0.1) is 35.0 Å². The molecule has 106 valence electrons. The molecule has 0 heterocycles. The summed E-state index contributed by atoms with van der Waals surface area (Å²) in [5.74, 6) is 5.49. The summed E-state index contributed by atoms with van der Waals surface area (Å²) in [4.78, 5) is 0. The summed E-state index contributed by atoms with van der Waals surface area (Å²) in [5.41, 5.74) is 0.142. The molecule has 4 aliphatic rings. The topological polar surface area (TPSA) is 20.2 Å². The first kappa shape index (κ1) is 12.3. The Balaban J connectivity index is 1.60. The molecule has 1 heteroatoms. The van der Waals surface area contributed by atoms with Crippen LogP contribution < -0.4 is 0 Å². The van der Waals surface area contributed by atoms with E-state index in [0.717, 1.165) is 41.8 Å². The third-order valence-corrected chi connectivity index (χ3v) is 7.42. The third-order valence-electron chi connectivity index (χ3n) is 7.42. The van der Waals surface area contributed by atoms with Crippen molar-refractivity contribution in [2.45, 2.75) is 64.7 Å². The zero-order chi connectivity index (χ0) is 13.0. The van der Waals surface area contributed by atoms with E-state index in [2.05, 4.69) is 13.0 Å².